The molecule has 2 fully saturated rings. The minimum atomic E-state index is -0.788. The van der Waals surface area contributed by atoms with Crippen LogP contribution in [0.15, 0.2) is 0 Å². The lowest BCUT2D eigenvalue weighted by molar-refractivity contribution is -0.142. The van der Waals surface area contributed by atoms with E-state index >= 15 is 0 Å². The van der Waals surface area contributed by atoms with Crippen LogP contribution in [-0.4, -0.2) is 53.1 Å². The molecule has 1 saturated heterocycles. The van der Waals surface area contributed by atoms with Gasteiger partial charge < -0.3 is 14.9 Å². The highest BCUT2D eigenvalue weighted by molar-refractivity contribution is 5.77. The summed E-state index contributed by atoms with van der Waals surface area (Å²) in [7, 11) is 1.87. The number of hydrogen-bond donors (Lipinski definition) is 1. The largest absolute Gasteiger partial charge is 0.481 e. The number of carboxylic acid groups (broad SMARTS) is 1. The average Bonchev–Trinajstić information content (AvgIpc) is 2.88. The van der Waals surface area contributed by atoms with Crippen LogP contribution in [0.3, 0.4) is 0 Å². The molecule has 0 bridgehead atoms. The number of likely N-dealkylation sites (tertiary alicyclic amines) is 1. The van der Waals surface area contributed by atoms with Crippen molar-refractivity contribution in [1.82, 2.24) is 9.80 Å². The number of aliphatic carboxylic acids is 1. The van der Waals surface area contributed by atoms with Crippen LogP contribution in [0, 0.1) is 17.8 Å². The van der Waals surface area contributed by atoms with Crippen molar-refractivity contribution in [3.63, 3.8) is 0 Å². The average molecular weight is 296 g/mol. The first-order chi connectivity index (χ1) is 9.93. The molecule has 0 spiro atoms. The van der Waals surface area contributed by atoms with Crippen molar-refractivity contribution in [3.05, 3.63) is 0 Å². The minimum absolute atomic E-state index is 0.00514. The van der Waals surface area contributed by atoms with Gasteiger partial charge in [0.15, 0.2) is 0 Å². The number of nitrogens with zero attached hydrogens (tertiary/aromatic N) is 2. The van der Waals surface area contributed by atoms with Crippen LogP contribution in [0.25, 0.3) is 0 Å². The Bertz CT molecular complexity index is 391. The fraction of sp³-hybridized carbons (Fsp3) is 0.875. The van der Waals surface area contributed by atoms with E-state index in [1.54, 1.807) is 4.90 Å². The molecule has 1 aliphatic heterocycles. The summed E-state index contributed by atoms with van der Waals surface area (Å²) in [5.41, 5.74) is 0. The predicted molar refractivity (Wildman–Crippen MR) is 81.1 cm³/mol. The van der Waals surface area contributed by atoms with Crippen molar-refractivity contribution in [1.29, 1.82) is 0 Å². The van der Waals surface area contributed by atoms with E-state index in [1.807, 2.05) is 18.9 Å². The maximum atomic E-state index is 12.6. The van der Waals surface area contributed by atoms with E-state index in [0.717, 1.165) is 18.8 Å². The number of rotatable bonds is 3. The minimum Gasteiger partial charge on any atom is -0.481 e. The maximum Gasteiger partial charge on any atom is 0.320 e. The molecule has 21 heavy (non-hydrogen) atoms. The summed E-state index contributed by atoms with van der Waals surface area (Å²) in [5, 5.41) is 9.18. The highest BCUT2D eigenvalue weighted by Gasteiger charge is 2.39. The second-order valence-corrected chi connectivity index (χ2v) is 6.80. The van der Waals surface area contributed by atoms with Gasteiger partial charge in [0.2, 0.25) is 0 Å². The van der Waals surface area contributed by atoms with Gasteiger partial charge in [-0.2, -0.15) is 0 Å². The third-order valence-electron chi connectivity index (χ3n) is 5.44. The molecule has 0 radical (unpaired) electrons. The van der Waals surface area contributed by atoms with Crippen molar-refractivity contribution in [2.45, 2.75) is 52.0 Å². The summed E-state index contributed by atoms with van der Waals surface area (Å²) in [6.07, 6.45) is 5.78. The van der Waals surface area contributed by atoms with E-state index in [0.29, 0.717) is 19.1 Å². The monoisotopic (exact) mass is 296 g/mol. The quantitative estimate of drug-likeness (QED) is 0.871. The lowest BCUT2D eigenvalue weighted by Crippen LogP contribution is -2.46. The normalized spacial score (nSPS) is 33.0. The molecular formula is C16H28N2O3. The highest BCUT2D eigenvalue weighted by atomic mass is 16.4. The van der Waals surface area contributed by atoms with Crippen LogP contribution >= 0.6 is 0 Å². The topological polar surface area (TPSA) is 60.9 Å². The third kappa shape index (κ3) is 3.50. The van der Waals surface area contributed by atoms with Gasteiger partial charge in [0.05, 0.1) is 5.92 Å². The summed E-state index contributed by atoms with van der Waals surface area (Å²) >= 11 is 0. The highest BCUT2D eigenvalue weighted by Crippen LogP contribution is 2.30. The fourth-order valence-electron chi connectivity index (χ4n) is 3.76. The molecule has 2 aliphatic rings. The van der Waals surface area contributed by atoms with Gasteiger partial charge in [0.1, 0.15) is 0 Å². The van der Waals surface area contributed by atoms with Crippen LogP contribution in [0.4, 0.5) is 4.79 Å². The molecule has 1 aliphatic carbocycles. The van der Waals surface area contributed by atoms with Crippen molar-refractivity contribution in [2.24, 2.45) is 17.8 Å². The zero-order valence-electron chi connectivity index (χ0n) is 13.4. The lowest BCUT2D eigenvalue weighted by atomic mass is 9.84. The van der Waals surface area contributed by atoms with Gasteiger partial charge in [0.25, 0.3) is 0 Å². The molecule has 1 heterocycles. The molecule has 0 aromatic rings. The summed E-state index contributed by atoms with van der Waals surface area (Å²) in [5.74, 6) is -0.356. The van der Waals surface area contributed by atoms with E-state index in [1.165, 1.54) is 19.3 Å². The van der Waals surface area contributed by atoms with Gasteiger partial charge in [-0.25, -0.2) is 4.79 Å². The van der Waals surface area contributed by atoms with Gasteiger partial charge in [-0.1, -0.05) is 20.3 Å². The summed E-state index contributed by atoms with van der Waals surface area (Å²) < 4.78 is 0. The number of carboxylic acids is 1. The molecule has 0 aromatic carbocycles. The maximum absolute atomic E-state index is 12.6. The van der Waals surface area contributed by atoms with Gasteiger partial charge in [0, 0.05) is 26.2 Å². The first kappa shape index (κ1) is 16.1. The van der Waals surface area contributed by atoms with Crippen LogP contribution in [-0.2, 0) is 4.79 Å². The number of urea groups is 1. The van der Waals surface area contributed by atoms with Crippen LogP contribution < -0.4 is 0 Å². The Balaban J connectivity index is 1.90. The second kappa shape index (κ2) is 6.67. The van der Waals surface area contributed by atoms with Crippen LogP contribution in [0.2, 0.25) is 0 Å². The number of carbonyl (C=O) groups excluding carboxylic acids is 1. The van der Waals surface area contributed by atoms with Crippen LogP contribution in [0.1, 0.15) is 46.0 Å². The molecule has 2 rings (SSSR count). The number of hydrogen-bond acceptors (Lipinski definition) is 2. The van der Waals surface area contributed by atoms with Gasteiger partial charge >= 0.3 is 12.0 Å². The van der Waals surface area contributed by atoms with Gasteiger partial charge in [-0.3, -0.25) is 4.79 Å². The molecule has 2 atom stereocenters. The zero-order valence-corrected chi connectivity index (χ0v) is 13.4. The van der Waals surface area contributed by atoms with E-state index in [2.05, 4.69) is 6.92 Å². The zero-order chi connectivity index (χ0) is 15.6. The first-order valence-corrected chi connectivity index (χ1v) is 8.18. The van der Waals surface area contributed by atoms with E-state index < -0.39 is 11.9 Å². The number of amides is 2. The van der Waals surface area contributed by atoms with Crippen molar-refractivity contribution in [2.75, 3.05) is 20.1 Å². The Hall–Kier alpha value is -1.26. The Morgan fingerprint density at radius 3 is 2.29 bits per heavy atom. The standard InChI is InChI=1S/C16H28N2O3/c1-4-12-5-7-13(8-6-12)17(3)16(21)18-9-11(2)14(10-18)15(19)20/h11-14H,4-10H2,1-3H3,(H,19,20). The fourth-order valence-corrected chi connectivity index (χ4v) is 3.76. The molecule has 1 N–H and O–H groups in total. The third-order valence-corrected chi connectivity index (χ3v) is 5.44. The second-order valence-electron chi connectivity index (χ2n) is 6.80. The Labute approximate surface area is 127 Å². The molecule has 1 saturated carbocycles. The molecule has 5 heteroatoms. The molecule has 120 valence electrons. The first-order valence-electron chi connectivity index (χ1n) is 8.18. The van der Waals surface area contributed by atoms with Crippen molar-refractivity contribution in [3.8, 4) is 0 Å². The Morgan fingerprint density at radius 1 is 1.19 bits per heavy atom. The summed E-state index contributed by atoms with van der Waals surface area (Å²) in [6.45, 7) is 5.06. The van der Waals surface area contributed by atoms with Gasteiger partial charge in [-0.05, 0) is 37.5 Å². The SMILES string of the molecule is CCC1CCC(N(C)C(=O)N2CC(C)C(C(=O)O)C2)CC1. The Kier molecular flexibility index (Phi) is 5.12. The van der Waals surface area contributed by atoms with Crippen molar-refractivity contribution >= 4 is 12.0 Å². The summed E-state index contributed by atoms with van der Waals surface area (Å²) in [6, 6.07) is 0.324. The molecule has 2 amide bonds. The van der Waals surface area contributed by atoms with E-state index in [4.69, 9.17) is 0 Å². The summed E-state index contributed by atoms with van der Waals surface area (Å²) in [4.78, 5) is 27.3. The van der Waals surface area contributed by atoms with E-state index in [9.17, 15) is 14.7 Å². The van der Waals surface area contributed by atoms with Crippen molar-refractivity contribution < 1.29 is 14.7 Å². The molecule has 5 nitrogen and oxygen atoms in total. The number of carbonyl (C=O) groups is 2. The van der Waals surface area contributed by atoms with E-state index in [-0.39, 0.29) is 11.9 Å². The van der Waals surface area contributed by atoms with Gasteiger partial charge in [-0.15, -0.1) is 0 Å². The predicted octanol–water partition coefficient (Wildman–Crippen LogP) is 2.66. The molecular weight excluding hydrogens is 268 g/mol. The Morgan fingerprint density at radius 2 is 1.81 bits per heavy atom. The smallest absolute Gasteiger partial charge is 0.320 e. The van der Waals surface area contributed by atoms with Crippen LogP contribution in [0.5, 0.6) is 0 Å². The molecule has 2 unspecified atom stereocenters. The molecule has 0 aromatic heterocycles. The lowest BCUT2D eigenvalue weighted by Gasteiger charge is -2.36.